The summed E-state index contributed by atoms with van der Waals surface area (Å²) in [7, 11) is 2.98. The number of likely N-dealkylation sites (tertiary alicyclic amines) is 1. The summed E-state index contributed by atoms with van der Waals surface area (Å²) in [5.41, 5.74) is 1.18. The smallest absolute Gasteiger partial charge is 0.332 e. The van der Waals surface area contributed by atoms with Gasteiger partial charge in [-0.25, -0.2) is 9.78 Å². The van der Waals surface area contributed by atoms with Crippen molar-refractivity contribution in [1.82, 2.24) is 29.2 Å². The summed E-state index contributed by atoms with van der Waals surface area (Å²) in [6.07, 6.45) is 5.12. The van der Waals surface area contributed by atoms with Crippen molar-refractivity contribution >= 4 is 16.9 Å². The number of fused-ring (bicyclic) bond motifs is 1. The van der Waals surface area contributed by atoms with Gasteiger partial charge < -0.3 is 10.2 Å². The molecule has 0 bridgehead atoms. The van der Waals surface area contributed by atoms with E-state index in [1.54, 1.807) is 7.05 Å². The number of hydrogen-bond acceptors (Lipinski definition) is 7. The molecule has 2 aromatic heterocycles. The highest BCUT2D eigenvalue weighted by molar-refractivity contribution is 5.71. The van der Waals surface area contributed by atoms with Gasteiger partial charge in [-0.1, -0.05) is 6.42 Å². The first-order valence-corrected chi connectivity index (χ1v) is 10.4. The molecule has 0 aliphatic carbocycles. The monoisotopic (exact) mass is 409 g/mol. The number of hydrogen-bond donors (Lipinski definition) is 1. The van der Waals surface area contributed by atoms with Gasteiger partial charge in [-0.05, 0) is 63.2 Å². The molecule has 3 aromatic rings. The molecule has 0 unspecified atom stereocenters. The van der Waals surface area contributed by atoms with Crippen LogP contribution in [0.5, 0.6) is 0 Å². The molecular formula is C21H27N7O2. The lowest BCUT2D eigenvalue weighted by Crippen LogP contribution is -2.38. The lowest BCUT2D eigenvalue weighted by molar-refractivity contribution is 0.228. The lowest BCUT2D eigenvalue weighted by Gasteiger charge is -2.26. The van der Waals surface area contributed by atoms with Crippen molar-refractivity contribution in [3.05, 3.63) is 45.1 Å². The van der Waals surface area contributed by atoms with Gasteiger partial charge in [0.05, 0.1) is 0 Å². The minimum atomic E-state index is -0.476. The third-order valence-corrected chi connectivity index (χ3v) is 5.64. The van der Waals surface area contributed by atoms with E-state index in [0.717, 1.165) is 35.3 Å². The molecule has 1 N–H and O–H groups in total. The summed E-state index contributed by atoms with van der Waals surface area (Å²) < 4.78 is 2.30. The van der Waals surface area contributed by atoms with Gasteiger partial charge in [0, 0.05) is 31.9 Å². The van der Waals surface area contributed by atoms with Crippen LogP contribution >= 0.6 is 0 Å². The van der Waals surface area contributed by atoms with Gasteiger partial charge in [0.15, 0.2) is 17.0 Å². The number of benzene rings is 1. The molecule has 0 atom stereocenters. The van der Waals surface area contributed by atoms with Crippen molar-refractivity contribution in [3.8, 4) is 11.4 Å². The van der Waals surface area contributed by atoms with Crippen molar-refractivity contribution < 1.29 is 0 Å². The number of aromatic nitrogens is 5. The molecule has 1 aromatic carbocycles. The minimum Gasteiger partial charge on any atom is -0.385 e. The van der Waals surface area contributed by atoms with E-state index in [4.69, 9.17) is 0 Å². The van der Waals surface area contributed by atoms with Gasteiger partial charge in [0.1, 0.15) is 0 Å². The Morgan fingerprint density at radius 1 is 0.967 bits per heavy atom. The van der Waals surface area contributed by atoms with E-state index in [1.807, 2.05) is 24.3 Å². The van der Waals surface area contributed by atoms with Crippen LogP contribution in [0.15, 0.2) is 33.9 Å². The zero-order valence-electron chi connectivity index (χ0n) is 17.5. The van der Waals surface area contributed by atoms with Crippen LogP contribution in [0.1, 0.15) is 25.7 Å². The van der Waals surface area contributed by atoms with Crippen molar-refractivity contribution in [2.75, 3.05) is 31.5 Å². The van der Waals surface area contributed by atoms with Gasteiger partial charge in [-0.3, -0.25) is 13.9 Å². The van der Waals surface area contributed by atoms with Crippen molar-refractivity contribution in [2.45, 2.75) is 25.7 Å². The molecule has 1 aliphatic rings. The zero-order chi connectivity index (χ0) is 21.1. The number of rotatable bonds is 6. The number of nitrogens with zero attached hydrogens (tertiary/aromatic N) is 6. The molecule has 0 saturated carbocycles. The van der Waals surface area contributed by atoms with E-state index in [2.05, 4.69) is 25.4 Å². The average molecular weight is 409 g/mol. The van der Waals surface area contributed by atoms with E-state index < -0.39 is 11.2 Å². The Labute approximate surface area is 174 Å². The maximum Gasteiger partial charge on any atom is 0.332 e. The third kappa shape index (κ3) is 4.11. The molecule has 1 fully saturated rings. The summed E-state index contributed by atoms with van der Waals surface area (Å²) in [6.45, 7) is 4.52. The Morgan fingerprint density at radius 2 is 1.70 bits per heavy atom. The van der Waals surface area contributed by atoms with Crippen molar-refractivity contribution in [2.24, 2.45) is 14.1 Å². The van der Waals surface area contributed by atoms with Gasteiger partial charge >= 0.3 is 5.69 Å². The van der Waals surface area contributed by atoms with Gasteiger partial charge in [-0.15, -0.1) is 10.2 Å². The Balaban J connectivity index is 1.44. The van der Waals surface area contributed by atoms with E-state index in [-0.39, 0.29) is 11.2 Å². The Hall–Kier alpha value is -3.07. The quantitative estimate of drug-likeness (QED) is 0.614. The van der Waals surface area contributed by atoms with Crippen LogP contribution in [0.25, 0.3) is 22.6 Å². The molecule has 3 heterocycles. The fourth-order valence-electron chi connectivity index (χ4n) is 3.83. The molecule has 0 radical (unpaired) electrons. The molecule has 1 aliphatic heterocycles. The molecule has 0 spiro atoms. The SMILES string of the molecule is Cn1c(=O)c2nc(-c3ccc(NCCCN4CCCCC4)cc3)nnc2n(C)c1=O. The zero-order valence-corrected chi connectivity index (χ0v) is 17.5. The van der Waals surface area contributed by atoms with Crippen LogP contribution in [0.3, 0.4) is 0 Å². The second-order valence-electron chi connectivity index (χ2n) is 7.77. The summed E-state index contributed by atoms with van der Waals surface area (Å²) in [6, 6.07) is 7.76. The number of anilines is 1. The fraction of sp³-hybridized carbons (Fsp3) is 0.476. The molecule has 9 heteroatoms. The lowest BCUT2D eigenvalue weighted by atomic mass is 10.1. The van der Waals surface area contributed by atoms with E-state index >= 15 is 0 Å². The predicted molar refractivity (Wildman–Crippen MR) is 117 cm³/mol. The van der Waals surface area contributed by atoms with Crippen LogP contribution in [0, 0.1) is 0 Å². The van der Waals surface area contributed by atoms with E-state index in [0.29, 0.717) is 5.82 Å². The van der Waals surface area contributed by atoms with Gasteiger partial charge in [0.2, 0.25) is 0 Å². The predicted octanol–water partition coefficient (Wildman–Crippen LogP) is 1.38. The summed E-state index contributed by atoms with van der Waals surface area (Å²) >= 11 is 0. The number of aryl methyl sites for hydroxylation is 1. The highest BCUT2D eigenvalue weighted by Crippen LogP contribution is 2.18. The summed E-state index contributed by atoms with van der Waals surface area (Å²) in [5.74, 6) is 0.356. The van der Waals surface area contributed by atoms with Crippen LogP contribution in [0.4, 0.5) is 5.69 Å². The first kappa shape index (κ1) is 20.2. The first-order valence-electron chi connectivity index (χ1n) is 10.4. The minimum absolute atomic E-state index is 0.129. The second-order valence-corrected chi connectivity index (χ2v) is 7.77. The van der Waals surface area contributed by atoms with Crippen LogP contribution < -0.4 is 16.6 Å². The Morgan fingerprint density at radius 3 is 2.43 bits per heavy atom. The fourth-order valence-corrected chi connectivity index (χ4v) is 3.83. The molecule has 1 saturated heterocycles. The largest absolute Gasteiger partial charge is 0.385 e. The highest BCUT2D eigenvalue weighted by Gasteiger charge is 2.14. The molecular weight excluding hydrogens is 382 g/mol. The molecule has 0 amide bonds. The molecule has 30 heavy (non-hydrogen) atoms. The number of piperidine rings is 1. The maximum atomic E-state index is 12.4. The summed E-state index contributed by atoms with van der Waals surface area (Å²) in [4.78, 5) is 31.3. The molecule has 9 nitrogen and oxygen atoms in total. The Kier molecular flexibility index (Phi) is 5.89. The van der Waals surface area contributed by atoms with E-state index in [1.165, 1.54) is 44.0 Å². The summed E-state index contributed by atoms with van der Waals surface area (Å²) in [5, 5.41) is 11.6. The highest BCUT2D eigenvalue weighted by atomic mass is 16.2. The third-order valence-electron chi connectivity index (χ3n) is 5.64. The topological polar surface area (TPSA) is 97.9 Å². The Bertz CT molecular complexity index is 1140. The van der Waals surface area contributed by atoms with Crippen LogP contribution in [-0.2, 0) is 14.1 Å². The van der Waals surface area contributed by atoms with Crippen LogP contribution in [0.2, 0.25) is 0 Å². The number of nitrogens with one attached hydrogen (secondary N) is 1. The standard InChI is InChI=1S/C21H27N7O2/c1-26-19-17(20(29)27(2)21(26)30)23-18(24-25-19)15-7-9-16(10-8-15)22-11-6-14-28-12-4-3-5-13-28/h7-10,22H,3-6,11-14H2,1-2H3. The van der Waals surface area contributed by atoms with Crippen molar-refractivity contribution in [3.63, 3.8) is 0 Å². The maximum absolute atomic E-state index is 12.4. The van der Waals surface area contributed by atoms with Crippen molar-refractivity contribution in [1.29, 1.82) is 0 Å². The first-order chi connectivity index (χ1) is 14.5. The second kappa shape index (κ2) is 8.74. The van der Waals surface area contributed by atoms with Crippen LogP contribution in [-0.4, -0.2) is 55.4 Å². The average Bonchev–Trinajstić information content (AvgIpc) is 2.80. The van der Waals surface area contributed by atoms with E-state index in [9.17, 15) is 9.59 Å². The van der Waals surface area contributed by atoms with Gasteiger partial charge in [0.25, 0.3) is 5.56 Å². The van der Waals surface area contributed by atoms with Gasteiger partial charge in [-0.2, -0.15) is 0 Å². The molecule has 158 valence electrons. The normalized spacial score (nSPS) is 14.9. The molecule has 4 rings (SSSR count).